The minimum Gasteiger partial charge on any atom is -0.355 e. The molecule has 4 heteroatoms. The Labute approximate surface area is 140 Å². The molecule has 0 fully saturated rings. The van der Waals surface area contributed by atoms with Crippen molar-refractivity contribution in [1.29, 1.82) is 0 Å². The lowest BCUT2D eigenvalue weighted by molar-refractivity contribution is -0.121. The van der Waals surface area contributed by atoms with Crippen molar-refractivity contribution in [2.45, 2.75) is 25.7 Å². The van der Waals surface area contributed by atoms with Crippen LogP contribution in [0.25, 0.3) is 10.2 Å². The first-order chi connectivity index (χ1) is 11.2. The van der Waals surface area contributed by atoms with Crippen LogP contribution in [0, 0.1) is 0 Å². The summed E-state index contributed by atoms with van der Waals surface area (Å²) in [5.41, 5.74) is 2.27. The van der Waals surface area contributed by atoms with Crippen LogP contribution in [0.3, 0.4) is 0 Å². The van der Waals surface area contributed by atoms with Crippen LogP contribution in [0.15, 0.2) is 54.6 Å². The summed E-state index contributed by atoms with van der Waals surface area (Å²) in [5, 5.41) is 4.05. The van der Waals surface area contributed by atoms with Crippen molar-refractivity contribution >= 4 is 27.5 Å². The molecule has 3 rings (SSSR count). The summed E-state index contributed by atoms with van der Waals surface area (Å²) in [6, 6.07) is 18.3. The van der Waals surface area contributed by atoms with Gasteiger partial charge in [-0.25, -0.2) is 4.98 Å². The molecule has 0 saturated carbocycles. The first-order valence-corrected chi connectivity index (χ1v) is 8.70. The molecule has 1 aromatic heterocycles. The van der Waals surface area contributed by atoms with E-state index < -0.39 is 0 Å². The third kappa shape index (κ3) is 4.17. The number of rotatable bonds is 6. The van der Waals surface area contributed by atoms with Crippen LogP contribution in [0.4, 0.5) is 0 Å². The van der Waals surface area contributed by atoms with Gasteiger partial charge >= 0.3 is 0 Å². The van der Waals surface area contributed by atoms with Crippen LogP contribution in [-0.4, -0.2) is 17.4 Å². The molecule has 0 aliphatic carbocycles. The number of hydrogen-bond acceptors (Lipinski definition) is 3. The number of aromatic nitrogens is 1. The first kappa shape index (κ1) is 15.7. The van der Waals surface area contributed by atoms with Gasteiger partial charge in [0.2, 0.25) is 5.91 Å². The second kappa shape index (κ2) is 7.38. The molecule has 0 spiro atoms. The molecule has 118 valence electrons. The van der Waals surface area contributed by atoms with E-state index in [1.165, 1.54) is 10.3 Å². The van der Waals surface area contributed by atoms with Gasteiger partial charge in [-0.3, -0.25) is 4.79 Å². The lowest BCUT2D eigenvalue weighted by atomic mass is 10.0. The van der Waals surface area contributed by atoms with Gasteiger partial charge in [-0.1, -0.05) is 49.4 Å². The highest BCUT2D eigenvalue weighted by molar-refractivity contribution is 7.18. The second-order valence-corrected chi connectivity index (χ2v) is 6.81. The van der Waals surface area contributed by atoms with E-state index in [9.17, 15) is 4.79 Å². The average molecular weight is 324 g/mol. The summed E-state index contributed by atoms with van der Waals surface area (Å²) in [6.45, 7) is 2.80. The third-order valence-electron chi connectivity index (χ3n) is 3.88. The molecule has 2 aromatic carbocycles. The molecule has 0 unspecified atom stereocenters. The maximum absolute atomic E-state index is 12.0. The largest absolute Gasteiger partial charge is 0.355 e. The van der Waals surface area contributed by atoms with Gasteiger partial charge in [-0.2, -0.15) is 0 Å². The molecule has 1 heterocycles. The number of carbonyl (C=O) groups excluding carboxylic acids is 1. The number of nitrogens with zero attached hydrogens (tertiary/aromatic N) is 1. The molecule has 1 N–H and O–H groups in total. The summed E-state index contributed by atoms with van der Waals surface area (Å²) in [7, 11) is 0. The molecule has 0 aliphatic heterocycles. The van der Waals surface area contributed by atoms with Crippen LogP contribution >= 0.6 is 11.3 Å². The fourth-order valence-corrected chi connectivity index (χ4v) is 3.47. The van der Waals surface area contributed by atoms with Crippen molar-refractivity contribution in [3.8, 4) is 0 Å². The molecule has 1 atom stereocenters. The van der Waals surface area contributed by atoms with Crippen molar-refractivity contribution in [2.24, 2.45) is 0 Å². The third-order valence-corrected chi connectivity index (χ3v) is 4.97. The quantitative estimate of drug-likeness (QED) is 0.740. The minimum atomic E-state index is 0.0898. The standard InChI is InChI=1S/C19H20N2OS/c1-14(15-7-3-2-4-8-15)13-20-18(22)11-12-19-21-16-9-5-6-10-17(16)23-19/h2-10,14H,11-13H2,1H3,(H,20,22)/t14-/m0/s1. The zero-order valence-electron chi connectivity index (χ0n) is 13.2. The molecule has 3 nitrogen and oxygen atoms in total. The Kier molecular flexibility index (Phi) is 5.03. The monoisotopic (exact) mass is 324 g/mol. The van der Waals surface area contributed by atoms with Crippen LogP contribution in [0.5, 0.6) is 0 Å². The summed E-state index contributed by atoms with van der Waals surface area (Å²) in [4.78, 5) is 16.6. The Hall–Kier alpha value is -2.20. The maximum Gasteiger partial charge on any atom is 0.220 e. The van der Waals surface area contributed by atoms with E-state index in [-0.39, 0.29) is 5.91 Å². The Morgan fingerprint density at radius 2 is 1.87 bits per heavy atom. The summed E-state index contributed by atoms with van der Waals surface area (Å²) >= 11 is 1.67. The van der Waals surface area contributed by atoms with Crippen molar-refractivity contribution in [3.63, 3.8) is 0 Å². The number of aryl methyl sites for hydroxylation is 1. The van der Waals surface area contributed by atoms with E-state index in [0.29, 0.717) is 25.3 Å². The van der Waals surface area contributed by atoms with Gasteiger partial charge in [-0.05, 0) is 23.6 Å². The molecule has 0 bridgehead atoms. The fraction of sp³-hybridized carbons (Fsp3) is 0.263. The Bertz CT molecular complexity index is 749. The zero-order valence-corrected chi connectivity index (χ0v) is 14.0. The fourth-order valence-electron chi connectivity index (χ4n) is 2.50. The molecule has 23 heavy (non-hydrogen) atoms. The zero-order chi connectivity index (χ0) is 16.1. The van der Waals surface area contributed by atoms with Gasteiger partial charge in [0, 0.05) is 19.4 Å². The molecule has 0 radical (unpaired) electrons. The van der Waals surface area contributed by atoms with Crippen LogP contribution in [0.1, 0.15) is 29.8 Å². The van der Waals surface area contributed by atoms with E-state index in [0.717, 1.165) is 10.5 Å². The lowest BCUT2D eigenvalue weighted by Gasteiger charge is -2.12. The number of benzene rings is 2. The topological polar surface area (TPSA) is 42.0 Å². The van der Waals surface area contributed by atoms with Gasteiger partial charge in [0.25, 0.3) is 0 Å². The normalized spacial score (nSPS) is 12.2. The maximum atomic E-state index is 12.0. The van der Waals surface area contributed by atoms with E-state index in [1.54, 1.807) is 11.3 Å². The van der Waals surface area contributed by atoms with E-state index in [1.807, 2.05) is 36.4 Å². The van der Waals surface area contributed by atoms with Gasteiger partial charge in [0.1, 0.15) is 0 Å². The van der Waals surface area contributed by atoms with Gasteiger partial charge in [-0.15, -0.1) is 11.3 Å². The number of thiazole rings is 1. The number of nitrogens with one attached hydrogen (secondary N) is 1. The SMILES string of the molecule is C[C@@H](CNC(=O)CCc1nc2ccccc2s1)c1ccccc1. The van der Waals surface area contributed by atoms with Crippen LogP contribution < -0.4 is 5.32 Å². The molecule has 0 aliphatic rings. The highest BCUT2D eigenvalue weighted by Gasteiger charge is 2.09. The molecular weight excluding hydrogens is 304 g/mol. The summed E-state index contributed by atoms with van der Waals surface area (Å²) in [6.07, 6.45) is 1.19. The van der Waals surface area contributed by atoms with E-state index in [2.05, 4.69) is 35.4 Å². The highest BCUT2D eigenvalue weighted by Crippen LogP contribution is 2.22. The smallest absolute Gasteiger partial charge is 0.220 e. The Morgan fingerprint density at radius 1 is 1.13 bits per heavy atom. The van der Waals surface area contributed by atoms with Crippen LogP contribution in [0.2, 0.25) is 0 Å². The first-order valence-electron chi connectivity index (χ1n) is 7.88. The molecular formula is C19H20N2OS. The van der Waals surface area contributed by atoms with Gasteiger partial charge in [0.05, 0.1) is 15.2 Å². The summed E-state index contributed by atoms with van der Waals surface area (Å²) in [5.74, 6) is 0.412. The van der Waals surface area contributed by atoms with Gasteiger partial charge in [0.15, 0.2) is 0 Å². The van der Waals surface area contributed by atoms with Crippen molar-refractivity contribution in [3.05, 3.63) is 65.2 Å². The van der Waals surface area contributed by atoms with E-state index >= 15 is 0 Å². The highest BCUT2D eigenvalue weighted by atomic mass is 32.1. The predicted octanol–water partition coefficient (Wildman–Crippen LogP) is 4.15. The Morgan fingerprint density at radius 3 is 2.65 bits per heavy atom. The second-order valence-electron chi connectivity index (χ2n) is 5.69. The predicted molar refractivity (Wildman–Crippen MR) is 95.8 cm³/mol. The number of fused-ring (bicyclic) bond motifs is 1. The Balaban J connectivity index is 1.48. The van der Waals surface area contributed by atoms with Gasteiger partial charge < -0.3 is 5.32 Å². The average Bonchev–Trinajstić information content (AvgIpc) is 3.01. The minimum absolute atomic E-state index is 0.0898. The molecule has 0 saturated heterocycles. The lowest BCUT2D eigenvalue weighted by Crippen LogP contribution is -2.27. The van der Waals surface area contributed by atoms with Crippen molar-refractivity contribution in [2.75, 3.05) is 6.54 Å². The van der Waals surface area contributed by atoms with E-state index in [4.69, 9.17) is 0 Å². The number of carbonyl (C=O) groups is 1. The summed E-state index contributed by atoms with van der Waals surface area (Å²) < 4.78 is 1.18. The molecule has 1 amide bonds. The number of hydrogen-bond donors (Lipinski definition) is 1. The molecule has 3 aromatic rings. The number of amides is 1. The van der Waals surface area contributed by atoms with Crippen molar-refractivity contribution in [1.82, 2.24) is 10.3 Å². The van der Waals surface area contributed by atoms with Crippen molar-refractivity contribution < 1.29 is 4.79 Å². The van der Waals surface area contributed by atoms with Crippen LogP contribution in [-0.2, 0) is 11.2 Å². The number of para-hydroxylation sites is 1.